The van der Waals surface area contributed by atoms with E-state index < -0.39 is 0 Å². The highest BCUT2D eigenvalue weighted by molar-refractivity contribution is 6.30. The van der Waals surface area contributed by atoms with E-state index in [1.807, 2.05) is 48.5 Å². The van der Waals surface area contributed by atoms with Crippen molar-refractivity contribution in [3.63, 3.8) is 0 Å². The number of likely N-dealkylation sites (tertiary alicyclic amines) is 1. The fourth-order valence-electron chi connectivity index (χ4n) is 3.58. The molecule has 1 saturated heterocycles. The Bertz CT molecular complexity index is 719. The number of rotatable bonds is 7. The predicted octanol–water partition coefficient (Wildman–Crippen LogP) is 4.98. The minimum absolute atomic E-state index is 0.0397. The molecule has 2 aromatic carbocycles. The summed E-state index contributed by atoms with van der Waals surface area (Å²) < 4.78 is 11.2. The summed E-state index contributed by atoms with van der Waals surface area (Å²) in [5.74, 6) is -0.159. The van der Waals surface area contributed by atoms with Gasteiger partial charge in [-0.25, -0.2) is 0 Å². The number of hydrogen-bond donors (Lipinski definition) is 0. The van der Waals surface area contributed by atoms with Gasteiger partial charge < -0.3 is 14.4 Å². The number of ether oxygens (including phenoxy) is 2. The molecule has 1 atom stereocenters. The van der Waals surface area contributed by atoms with Crippen LogP contribution in [0.25, 0.3) is 0 Å². The number of carbonyl (C=O) groups excluding carboxylic acids is 1. The Labute approximate surface area is 176 Å². The van der Waals surface area contributed by atoms with Crippen molar-refractivity contribution in [1.82, 2.24) is 4.90 Å². The molecule has 1 aliphatic heterocycles. The average Bonchev–Trinajstić information content (AvgIpc) is 2.72. The molecule has 6 heteroatoms. The molecule has 1 fully saturated rings. The molecular formula is C22H25Cl2NO3. The Kier molecular flexibility index (Phi) is 7.74. The Morgan fingerprint density at radius 3 is 2.18 bits per heavy atom. The van der Waals surface area contributed by atoms with E-state index in [2.05, 4.69) is 4.90 Å². The maximum absolute atomic E-state index is 11.8. The van der Waals surface area contributed by atoms with Crippen molar-refractivity contribution < 1.29 is 14.3 Å². The summed E-state index contributed by atoms with van der Waals surface area (Å²) in [6, 6.07) is 15.4. The van der Waals surface area contributed by atoms with Crippen LogP contribution in [-0.4, -0.2) is 44.2 Å². The fraction of sp³-hybridized carbons (Fsp3) is 0.409. The monoisotopic (exact) mass is 421 g/mol. The van der Waals surface area contributed by atoms with Crippen LogP contribution in [0, 0.1) is 5.92 Å². The molecule has 0 aliphatic carbocycles. The SMILES string of the molecule is COC(=O)C1CCCN(CCOC(c2ccc(Cl)cc2)c2ccc(Cl)cc2)C1. The van der Waals surface area contributed by atoms with E-state index in [-0.39, 0.29) is 18.0 Å². The summed E-state index contributed by atoms with van der Waals surface area (Å²) in [7, 11) is 1.45. The van der Waals surface area contributed by atoms with Gasteiger partial charge in [0.05, 0.1) is 19.6 Å². The van der Waals surface area contributed by atoms with E-state index in [9.17, 15) is 4.79 Å². The number of benzene rings is 2. The van der Waals surface area contributed by atoms with Gasteiger partial charge in [0.1, 0.15) is 6.10 Å². The molecular weight excluding hydrogens is 397 g/mol. The number of hydrogen-bond acceptors (Lipinski definition) is 4. The lowest BCUT2D eigenvalue weighted by atomic mass is 9.98. The highest BCUT2D eigenvalue weighted by atomic mass is 35.5. The van der Waals surface area contributed by atoms with Gasteiger partial charge in [-0.2, -0.15) is 0 Å². The number of piperidine rings is 1. The highest BCUT2D eigenvalue weighted by Crippen LogP contribution is 2.28. The molecule has 0 saturated carbocycles. The van der Waals surface area contributed by atoms with Gasteiger partial charge in [0, 0.05) is 23.1 Å². The van der Waals surface area contributed by atoms with Gasteiger partial charge in [-0.3, -0.25) is 4.79 Å². The lowest BCUT2D eigenvalue weighted by molar-refractivity contribution is -0.147. The predicted molar refractivity (Wildman–Crippen MR) is 112 cm³/mol. The number of halogens is 2. The first kappa shape index (κ1) is 21.1. The van der Waals surface area contributed by atoms with Gasteiger partial charge in [-0.15, -0.1) is 0 Å². The van der Waals surface area contributed by atoms with Crippen molar-refractivity contribution in [1.29, 1.82) is 0 Å². The molecule has 4 nitrogen and oxygen atoms in total. The highest BCUT2D eigenvalue weighted by Gasteiger charge is 2.26. The molecule has 1 unspecified atom stereocenters. The summed E-state index contributed by atoms with van der Waals surface area (Å²) in [5.41, 5.74) is 2.08. The molecule has 0 bridgehead atoms. The van der Waals surface area contributed by atoms with Crippen molar-refractivity contribution in [2.24, 2.45) is 5.92 Å². The summed E-state index contributed by atoms with van der Waals surface area (Å²) in [6.07, 6.45) is 1.69. The molecule has 150 valence electrons. The second kappa shape index (κ2) is 10.3. The summed E-state index contributed by atoms with van der Waals surface area (Å²) in [4.78, 5) is 14.1. The normalized spacial score (nSPS) is 17.6. The van der Waals surface area contributed by atoms with Crippen LogP contribution in [0.1, 0.15) is 30.1 Å². The molecule has 0 amide bonds. The number of carbonyl (C=O) groups is 1. The molecule has 0 spiro atoms. The zero-order valence-electron chi connectivity index (χ0n) is 15.9. The van der Waals surface area contributed by atoms with Gasteiger partial charge in [0.15, 0.2) is 0 Å². The minimum atomic E-state index is -0.198. The van der Waals surface area contributed by atoms with E-state index in [1.165, 1.54) is 7.11 Å². The molecule has 2 aromatic rings. The van der Waals surface area contributed by atoms with Crippen LogP contribution in [0.3, 0.4) is 0 Å². The van der Waals surface area contributed by atoms with Crippen molar-refractivity contribution in [3.8, 4) is 0 Å². The Morgan fingerprint density at radius 2 is 1.64 bits per heavy atom. The molecule has 0 N–H and O–H groups in total. The zero-order valence-corrected chi connectivity index (χ0v) is 17.5. The zero-order chi connectivity index (χ0) is 19.9. The van der Waals surface area contributed by atoms with E-state index in [4.69, 9.17) is 32.7 Å². The van der Waals surface area contributed by atoms with E-state index in [1.54, 1.807) is 0 Å². The van der Waals surface area contributed by atoms with Crippen LogP contribution in [0.5, 0.6) is 0 Å². The maximum atomic E-state index is 11.8. The van der Waals surface area contributed by atoms with Crippen molar-refractivity contribution in [2.45, 2.75) is 18.9 Å². The summed E-state index contributed by atoms with van der Waals surface area (Å²) in [6.45, 7) is 3.03. The first-order valence-electron chi connectivity index (χ1n) is 9.49. The molecule has 1 heterocycles. The van der Waals surface area contributed by atoms with Crippen molar-refractivity contribution in [2.75, 3.05) is 33.4 Å². The van der Waals surface area contributed by atoms with Crippen molar-refractivity contribution >= 4 is 29.2 Å². The lowest BCUT2D eigenvalue weighted by Crippen LogP contribution is -2.40. The number of methoxy groups -OCH3 is 1. The Hall–Kier alpha value is -1.59. The third-order valence-corrected chi connectivity index (χ3v) is 5.58. The number of esters is 1. The first-order valence-corrected chi connectivity index (χ1v) is 10.2. The van der Waals surface area contributed by atoms with Gasteiger partial charge in [0.25, 0.3) is 0 Å². The second-order valence-corrected chi connectivity index (χ2v) is 7.89. The summed E-state index contributed by atoms with van der Waals surface area (Å²) in [5, 5.41) is 1.39. The van der Waals surface area contributed by atoms with Gasteiger partial charge in [0.2, 0.25) is 0 Å². The van der Waals surface area contributed by atoms with Crippen LogP contribution in [0.2, 0.25) is 10.0 Å². The molecule has 0 radical (unpaired) electrons. The maximum Gasteiger partial charge on any atom is 0.309 e. The fourth-order valence-corrected chi connectivity index (χ4v) is 3.83. The Balaban J connectivity index is 1.64. The van der Waals surface area contributed by atoms with Gasteiger partial charge in [-0.1, -0.05) is 47.5 Å². The van der Waals surface area contributed by atoms with Gasteiger partial charge in [-0.05, 0) is 54.8 Å². The topological polar surface area (TPSA) is 38.8 Å². The molecule has 28 heavy (non-hydrogen) atoms. The largest absolute Gasteiger partial charge is 0.469 e. The van der Waals surface area contributed by atoms with Crippen molar-refractivity contribution in [3.05, 3.63) is 69.7 Å². The lowest BCUT2D eigenvalue weighted by Gasteiger charge is -2.31. The second-order valence-electron chi connectivity index (χ2n) is 7.02. The van der Waals surface area contributed by atoms with Crippen LogP contribution in [-0.2, 0) is 14.3 Å². The third-order valence-electron chi connectivity index (χ3n) is 5.08. The third kappa shape index (κ3) is 5.71. The first-order chi connectivity index (χ1) is 13.6. The average molecular weight is 422 g/mol. The van der Waals surface area contributed by atoms with E-state index in [0.717, 1.165) is 43.6 Å². The van der Waals surface area contributed by atoms with E-state index in [0.29, 0.717) is 16.7 Å². The number of nitrogens with zero attached hydrogens (tertiary/aromatic N) is 1. The summed E-state index contributed by atoms with van der Waals surface area (Å²) >= 11 is 12.1. The minimum Gasteiger partial charge on any atom is -0.469 e. The Morgan fingerprint density at radius 1 is 1.07 bits per heavy atom. The van der Waals surface area contributed by atoms with Gasteiger partial charge >= 0.3 is 5.97 Å². The standard InChI is InChI=1S/C22H25Cl2NO3/c1-27-22(26)18-3-2-12-25(15-18)13-14-28-21(16-4-8-19(23)9-5-16)17-6-10-20(24)11-7-17/h4-11,18,21H,2-3,12-15H2,1H3. The van der Waals surface area contributed by atoms with Crippen LogP contribution in [0.4, 0.5) is 0 Å². The van der Waals surface area contributed by atoms with Crippen LogP contribution < -0.4 is 0 Å². The molecule has 1 aliphatic rings. The smallest absolute Gasteiger partial charge is 0.309 e. The van der Waals surface area contributed by atoms with Crippen LogP contribution in [0.15, 0.2) is 48.5 Å². The quantitative estimate of drug-likeness (QED) is 0.590. The molecule has 0 aromatic heterocycles. The van der Waals surface area contributed by atoms with Crippen LogP contribution >= 0.6 is 23.2 Å². The molecule has 3 rings (SSSR count). The van der Waals surface area contributed by atoms with E-state index >= 15 is 0 Å².